The lowest BCUT2D eigenvalue weighted by molar-refractivity contribution is 0.493. The van der Waals surface area contributed by atoms with E-state index in [1.165, 1.54) is 50.5 Å². The molecule has 1 atom stereocenters. The quantitative estimate of drug-likeness (QED) is 0.568. The van der Waals surface area contributed by atoms with Crippen molar-refractivity contribution >= 4 is 0 Å². The summed E-state index contributed by atoms with van der Waals surface area (Å²) in [5, 5.41) is 3.68. The van der Waals surface area contributed by atoms with Gasteiger partial charge in [0.2, 0.25) is 0 Å². The molecule has 18 heavy (non-hydrogen) atoms. The van der Waals surface area contributed by atoms with Crippen LogP contribution in [0, 0.1) is 0 Å². The highest BCUT2D eigenvalue weighted by Gasteiger charge is 2.06. The van der Waals surface area contributed by atoms with Crippen molar-refractivity contribution in [1.82, 2.24) is 5.32 Å². The molecule has 1 heteroatoms. The summed E-state index contributed by atoms with van der Waals surface area (Å²) in [6.07, 6.45) is 9.40. The Hall–Kier alpha value is -0.820. The Morgan fingerprint density at radius 3 is 2.22 bits per heavy atom. The molecule has 0 amide bonds. The van der Waals surface area contributed by atoms with Gasteiger partial charge in [0.05, 0.1) is 0 Å². The van der Waals surface area contributed by atoms with E-state index < -0.39 is 0 Å². The van der Waals surface area contributed by atoms with Gasteiger partial charge in [-0.15, -0.1) is 0 Å². The van der Waals surface area contributed by atoms with Gasteiger partial charge in [0.25, 0.3) is 0 Å². The zero-order valence-electron chi connectivity index (χ0n) is 12.1. The minimum Gasteiger partial charge on any atom is -0.310 e. The van der Waals surface area contributed by atoms with E-state index in [-0.39, 0.29) is 0 Å². The molecular weight excluding hydrogens is 218 g/mol. The molecule has 0 aliphatic heterocycles. The first-order valence-electron chi connectivity index (χ1n) is 7.66. The fourth-order valence-electron chi connectivity index (χ4n) is 2.36. The van der Waals surface area contributed by atoms with Crippen molar-refractivity contribution in [3.8, 4) is 0 Å². The summed E-state index contributed by atoms with van der Waals surface area (Å²) in [7, 11) is 0. The molecule has 0 saturated heterocycles. The van der Waals surface area contributed by atoms with Crippen molar-refractivity contribution < 1.29 is 0 Å². The maximum absolute atomic E-state index is 3.68. The maximum Gasteiger partial charge on any atom is 0.0317 e. The summed E-state index contributed by atoms with van der Waals surface area (Å²) in [6.45, 7) is 5.68. The molecule has 1 unspecified atom stereocenters. The number of unbranched alkanes of at least 4 members (excludes halogenated alkanes) is 5. The van der Waals surface area contributed by atoms with Crippen LogP contribution in [0.2, 0.25) is 0 Å². The summed E-state index contributed by atoms with van der Waals surface area (Å²) < 4.78 is 0. The first-order valence-corrected chi connectivity index (χ1v) is 7.66. The zero-order chi connectivity index (χ0) is 13.1. The topological polar surface area (TPSA) is 12.0 Å². The first kappa shape index (κ1) is 15.2. The lowest BCUT2D eigenvalue weighted by Gasteiger charge is -2.17. The Kier molecular flexibility index (Phi) is 8.58. The second-order valence-electron chi connectivity index (χ2n) is 5.09. The molecule has 0 spiro atoms. The molecule has 1 N–H and O–H groups in total. The summed E-state index contributed by atoms with van der Waals surface area (Å²) in [5.74, 6) is 0. The summed E-state index contributed by atoms with van der Waals surface area (Å²) in [4.78, 5) is 0. The molecule has 1 rings (SSSR count). The molecule has 0 saturated carbocycles. The van der Waals surface area contributed by atoms with Gasteiger partial charge in [0, 0.05) is 6.04 Å². The Bertz CT molecular complexity index is 281. The van der Waals surface area contributed by atoms with E-state index in [0.717, 1.165) is 6.54 Å². The summed E-state index contributed by atoms with van der Waals surface area (Å²) in [5.41, 5.74) is 1.42. The van der Waals surface area contributed by atoms with Gasteiger partial charge in [-0.1, -0.05) is 76.3 Å². The van der Waals surface area contributed by atoms with E-state index in [4.69, 9.17) is 0 Å². The predicted molar refractivity (Wildman–Crippen MR) is 80.9 cm³/mol. The van der Waals surface area contributed by atoms with Crippen molar-refractivity contribution in [1.29, 1.82) is 0 Å². The Morgan fingerprint density at radius 1 is 0.889 bits per heavy atom. The van der Waals surface area contributed by atoms with Crippen LogP contribution in [0.4, 0.5) is 0 Å². The lowest BCUT2D eigenvalue weighted by Crippen LogP contribution is -2.21. The van der Waals surface area contributed by atoms with Gasteiger partial charge in [-0.25, -0.2) is 0 Å². The molecule has 0 fully saturated rings. The van der Waals surface area contributed by atoms with Gasteiger partial charge in [0.1, 0.15) is 0 Å². The fraction of sp³-hybridized carbons (Fsp3) is 0.647. The first-order chi connectivity index (χ1) is 8.88. The third-order valence-electron chi connectivity index (χ3n) is 3.53. The van der Waals surface area contributed by atoms with Gasteiger partial charge >= 0.3 is 0 Å². The average Bonchev–Trinajstić information content (AvgIpc) is 2.43. The highest BCUT2D eigenvalue weighted by Crippen LogP contribution is 2.15. The van der Waals surface area contributed by atoms with Gasteiger partial charge < -0.3 is 5.32 Å². The lowest BCUT2D eigenvalue weighted by atomic mass is 10.0. The van der Waals surface area contributed by atoms with Crippen LogP contribution in [-0.2, 0) is 0 Å². The van der Waals surface area contributed by atoms with Gasteiger partial charge in [-0.05, 0) is 24.9 Å². The van der Waals surface area contributed by atoms with Crippen LogP contribution in [0.3, 0.4) is 0 Å². The van der Waals surface area contributed by atoms with Crippen molar-refractivity contribution in [3.63, 3.8) is 0 Å². The van der Waals surface area contributed by atoms with Gasteiger partial charge in [-0.3, -0.25) is 0 Å². The molecule has 0 bridgehead atoms. The van der Waals surface area contributed by atoms with Crippen molar-refractivity contribution in [2.24, 2.45) is 0 Å². The molecule has 102 valence electrons. The predicted octanol–water partition coefficient (Wildman–Crippen LogP) is 5.09. The molecule has 0 aromatic heterocycles. The summed E-state index contributed by atoms with van der Waals surface area (Å²) in [6, 6.07) is 11.3. The number of hydrogen-bond donors (Lipinski definition) is 1. The average molecular weight is 247 g/mol. The minimum atomic E-state index is 0.529. The van der Waals surface area contributed by atoms with Crippen molar-refractivity contribution in [2.45, 2.75) is 64.8 Å². The van der Waals surface area contributed by atoms with E-state index in [0.29, 0.717) is 6.04 Å². The van der Waals surface area contributed by atoms with Crippen LogP contribution in [0.15, 0.2) is 30.3 Å². The Labute approximate surface area is 113 Å². The van der Waals surface area contributed by atoms with E-state index in [9.17, 15) is 0 Å². The summed E-state index contributed by atoms with van der Waals surface area (Å²) >= 11 is 0. The SMILES string of the molecule is CCCCCCCCNC(CC)c1ccccc1. The van der Waals surface area contributed by atoms with Gasteiger partial charge in [-0.2, -0.15) is 0 Å². The third kappa shape index (κ3) is 6.20. The highest BCUT2D eigenvalue weighted by molar-refractivity contribution is 5.18. The van der Waals surface area contributed by atoms with Crippen LogP contribution >= 0.6 is 0 Å². The number of nitrogens with one attached hydrogen (secondary N) is 1. The van der Waals surface area contributed by atoms with Crippen molar-refractivity contribution in [2.75, 3.05) is 6.54 Å². The smallest absolute Gasteiger partial charge is 0.0317 e. The minimum absolute atomic E-state index is 0.529. The number of hydrogen-bond acceptors (Lipinski definition) is 1. The van der Waals surface area contributed by atoms with Crippen LogP contribution < -0.4 is 5.32 Å². The molecule has 0 heterocycles. The molecule has 0 aliphatic carbocycles. The number of rotatable bonds is 10. The highest BCUT2D eigenvalue weighted by atomic mass is 14.9. The monoisotopic (exact) mass is 247 g/mol. The van der Waals surface area contributed by atoms with E-state index in [1.54, 1.807) is 0 Å². The van der Waals surface area contributed by atoms with E-state index >= 15 is 0 Å². The molecule has 0 aliphatic rings. The van der Waals surface area contributed by atoms with E-state index in [2.05, 4.69) is 49.5 Å². The second kappa shape index (κ2) is 10.1. The molecule has 0 radical (unpaired) electrons. The fourth-order valence-corrected chi connectivity index (χ4v) is 2.36. The normalized spacial score (nSPS) is 12.6. The molecular formula is C17H29N. The van der Waals surface area contributed by atoms with Crippen LogP contribution in [-0.4, -0.2) is 6.54 Å². The zero-order valence-corrected chi connectivity index (χ0v) is 12.1. The Morgan fingerprint density at radius 2 is 1.56 bits per heavy atom. The van der Waals surface area contributed by atoms with Crippen LogP contribution in [0.25, 0.3) is 0 Å². The third-order valence-corrected chi connectivity index (χ3v) is 3.53. The van der Waals surface area contributed by atoms with Gasteiger partial charge in [0.15, 0.2) is 0 Å². The largest absolute Gasteiger partial charge is 0.310 e. The second-order valence-corrected chi connectivity index (χ2v) is 5.09. The Balaban J connectivity index is 2.13. The molecule has 1 aromatic rings. The maximum atomic E-state index is 3.68. The number of benzene rings is 1. The standard InChI is InChI=1S/C17H29N/c1-3-5-6-7-8-12-15-18-17(4-2)16-13-10-9-11-14-16/h9-11,13-14,17-18H,3-8,12,15H2,1-2H3. The van der Waals surface area contributed by atoms with Crippen molar-refractivity contribution in [3.05, 3.63) is 35.9 Å². The van der Waals surface area contributed by atoms with Crippen LogP contribution in [0.5, 0.6) is 0 Å². The van der Waals surface area contributed by atoms with E-state index in [1.807, 2.05) is 0 Å². The molecule has 1 aromatic carbocycles. The molecule has 1 nitrogen and oxygen atoms in total. The van der Waals surface area contributed by atoms with Crippen LogP contribution in [0.1, 0.15) is 70.4 Å².